The third kappa shape index (κ3) is 35.1. The first kappa shape index (κ1) is 35.2. The monoisotopic (exact) mass is 436 g/mol. The van der Waals surface area contributed by atoms with E-state index in [1.165, 1.54) is 17.1 Å². The zero-order chi connectivity index (χ0) is 20.8. The molecule has 12 heteroatoms. The molecule has 0 amide bonds. The maximum Gasteiger partial charge on any atom is 0 e. The minimum absolute atomic E-state index is 0. The third-order valence-electron chi connectivity index (χ3n) is 2.22. The molecule has 0 saturated heterocycles. The standard InChI is InChI=1S/C10H15O.3CO.F6P.Fe/c1-7-5-9(3)10(11-4)6-8(7)2;3*1-2;1-7(2,3,4,5)6;/h5H,6H2,1-4H3;;;;;/q;;;;-1;. The average molecular weight is 436 g/mol. The number of hydrogen-bond acceptors (Lipinski definition) is 1. The summed E-state index contributed by atoms with van der Waals surface area (Å²) in [6, 6.07) is 0. The molecule has 0 N–H and O–H groups in total. The summed E-state index contributed by atoms with van der Waals surface area (Å²) in [6.07, 6.45) is 3.16. The largest absolute Gasteiger partial charge is 0 e. The van der Waals surface area contributed by atoms with Crippen LogP contribution in [0.25, 0.3) is 0 Å². The quantitative estimate of drug-likeness (QED) is 0.161. The second kappa shape index (κ2) is 13.3. The van der Waals surface area contributed by atoms with Crippen molar-refractivity contribution in [2.24, 2.45) is 0 Å². The van der Waals surface area contributed by atoms with E-state index >= 15 is 0 Å². The molecule has 0 bridgehead atoms. The first-order valence-electron chi connectivity index (χ1n) is 5.52. The van der Waals surface area contributed by atoms with Crippen LogP contribution in [0.1, 0.15) is 27.2 Å². The minimum atomic E-state index is -10.7. The Hall–Kier alpha value is -0.971. The van der Waals surface area contributed by atoms with Gasteiger partial charge in [0.05, 0.1) is 12.9 Å². The average Bonchev–Trinajstić information content (AvgIpc) is 2.46. The van der Waals surface area contributed by atoms with Crippen LogP contribution in [0.3, 0.4) is 0 Å². The number of halogens is 6. The fourth-order valence-electron chi connectivity index (χ4n) is 1.28. The fraction of sp³-hybridized carbons (Fsp3) is 0.385. The van der Waals surface area contributed by atoms with Gasteiger partial charge in [0.25, 0.3) is 0 Å². The molecule has 0 spiro atoms. The first-order chi connectivity index (χ1) is 10.6. The molecule has 0 saturated carbocycles. The molecular weight excluding hydrogens is 421 g/mol. The molecule has 25 heavy (non-hydrogen) atoms. The topological polar surface area (TPSA) is 68.9 Å². The van der Waals surface area contributed by atoms with Crippen molar-refractivity contribution in [2.45, 2.75) is 27.2 Å². The van der Waals surface area contributed by atoms with Crippen LogP contribution >= 0.6 is 7.81 Å². The van der Waals surface area contributed by atoms with Gasteiger partial charge in [-0.05, 0) is 19.4 Å². The van der Waals surface area contributed by atoms with E-state index in [1.807, 2.05) is 0 Å². The Balaban J connectivity index is -0.0000000833. The number of methoxy groups -OCH3 is 1. The molecule has 1 rings (SSSR count). The summed E-state index contributed by atoms with van der Waals surface area (Å²) in [4.78, 5) is 0. The molecule has 1 aliphatic rings. The molecule has 0 atom stereocenters. The second-order valence-corrected chi connectivity index (χ2v) is 5.97. The molecule has 0 aromatic carbocycles. The molecule has 147 valence electrons. The van der Waals surface area contributed by atoms with Crippen molar-refractivity contribution in [3.63, 3.8) is 0 Å². The Kier molecular flexibility index (Phi) is 18.7. The molecule has 1 aliphatic carbocycles. The molecule has 0 aromatic rings. The van der Waals surface area contributed by atoms with E-state index in [1.54, 1.807) is 7.11 Å². The van der Waals surface area contributed by atoms with Crippen molar-refractivity contribution < 1.29 is 60.9 Å². The third-order valence-corrected chi connectivity index (χ3v) is 2.22. The Morgan fingerprint density at radius 2 is 1.16 bits per heavy atom. The molecular formula is C13H15F6FeO4P-. The molecule has 0 aromatic heterocycles. The van der Waals surface area contributed by atoms with E-state index in [4.69, 9.17) is 18.7 Å². The summed E-state index contributed by atoms with van der Waals surface area (Å²) >= 11 is 0. The summed E-state index contributed by atoms with van der Waals surface area (Å²) in [5, 5.41) is 0. The van der Waals surface area contributed by atoms with Crippen LogP contribution in [-0.2, 0) is 35.8 Å². The van der Waals surface area contributed by atoms with Gasteiger partial charge < -0.3 is 4.74 Å². The summed E-state index contributed by atoms with van der Waals surface area (Å²) in [5.74, 6) is 2.51. The smallest absolute Gasteiger partial charge is 0 e. The van der Waals surface area contributed by atoms with E-state index < -0.39 is 7.81 Å². The van der Waals surface area contributed by atoms with E-state index in [-0.39, 0.29) is 17.1 Å². The Bertz CT molecular complexity index is 480. The van der Waals surface area contributed by atoms with Crippen LogP contribution in [0.4, 0.5) is 25.2 Å². The van der Waals surface area contributed by atoms with Crippen molar-refractivity contribution >= 4 is 7.81 Å². The predicted octanol–water partition coefficient (Wildman–Crippen LogP) is 6.12. The van der Waals surface area contributed by atoms with Crippen LogP contribution in [0, 0.1) is 25.9 Å². The van der Waals surface area contributed by atoms with Crippen LogP contribution in [0.5, 0.6) is 0 Å². The van der Waals surface area contributed by atoms with Gasteiger partial charge in [-0.15, -0.1) is 0 Å². The van der Waals surface area contributed by atoms with Gasteiger partial charge in [-0.3, -0.25) is 0 Å². The van der Waals surface area contributed by atoms with Gasteiger partial charge in [0.15, 0.2) is 0 Å². The Morgan fingerprint density at radius 3 is 1.40 bits per heavy atom. The molecule has 0 fully saturated rings. The van der Waals surface area contributed by atoms with Gasteiger partial charge in [0.2, 0.25) is 0 Å². The zero-order valence-corrected chi connectivity index (χ0v) is 15.5. The second-order valence-electron chi connectivity index (χ2n) is 4.05. The van der Waals surface area contributed by atoms with Crippen molar-refractivity contribution in [1.29, 1.82) is 0 Å². The first-order valence-corrected chi connectivity index (χ1v) is 7.55. The summed E-state index contributed by atoms with van der Waals surface area (Å²) in [5.41, 5.74) is 2.64. The molecule has 0 unspecified atom stereocenters. The Labute approximate surface area is 152 Å². The van der Waals surface area contributed by atoms with E-state index in [2.05, 4.69) is 46.8 Å². The van der Waals surface area contributed by atoms with Crippen molar-refractivity contribution in [2.75, 3.05) is 7.11 Å². The maximum atomic E-state index is 9.87. The van der Waals surface area contributed by atoms with Gasteiger partial charge >= 0.3 is 66.9 Å². The van der Waals surface area contributed by atoms with Crippen LogP contribution in [0.2, 0.25) is 0 Å². The van der Waals surface area contributed by atoms with Crippen LogP contribution < -0.4 is 0 Å². The van der Waals surface area contributed by atoms with Gasteiger partial charge in [-0.1, -0.05) is 18.6 Å². The van der Waals surface area contributed by atoms with Crippen molar-refractivity contribution in [3.05, 3.63) is 48.9 Å². The number of allylic oxidation sites excluding steroid dienone is 4. The van der Waals surface area contributed by atoms with Gasteiger partial charge in [0.1, 0.15) is 0 Å². The fourth-order valence-corrected chi connectivity index (χ4v) is 1.28. The zero-order valence-electron chi connectivity index (χ0n) is 13.5. The SMILES string of the molecule is COC1=C(C)C=C(C)[C](C)C1.F[P-](F)(F)(F)(F)F.[C-]#[O+].[C-]#[O+].[C-]#[O+].[Fe]. The minimum Gasteiger partial charge on any atom is 0 e. The van der Waals surface area contributed by atoms with Crippen LogP contribution in [-0.4, -0.2) is 7.11 Å². The van der Waals surface area contributed by atoms with Crippen molar-refractivity contribution in [3.8, 4) is 0 Å². The van der Waals surface area contributed by atoms with Gasteiger partial charge in [-0.2, -0.15) is 0 Å². The van der Waals surface area contributed by atoms with E-state index in [0.29, 0.717) is 0 Å². The van der Waals surface area contributed by atoms with Crippen molar-refractivity contribution in [1.82, 2.24) is 0 Å². The molecule has 0 aliphatic heterocycles. The summed E-state index contributed by atoms with van der Waals surface area (Å²) in [6.45, 7) is 19.9. The molecule has 0 heterocycles. The predicted molar refractivity (Wildman–Crippen MR) is 72.4 cm³/mol. The van der Waals surface area contributed by atoms with Crippen LogP contribution in [0.15, 0.2) is 23.0 Å². The molecule has 1 radical (unpaired) electrons. The van der Waals surface area contributed by atoms with Gasteiger partial charge in [-0.25, -0.2) is 0 Å². The molecule has 4 nitrogen and oxygen atoms in total. The number of hydrogen-bond donors (Lipinski definition) is 0. The summed E-state index contributed by atoms with van der Waals surface area (Å²) in [7, 11) is -8.92. The van der Waals surface area contributed by atoms with Gasteiger partial charge in [0, 0.05) is 29.4 Å². The Morgan fingerprint density at radius 1 is 0.880 bits per heavy atom. The van der Waals surface area contributed by atoms with E-state index in [9.17, 15) is 25.2 Å². The number of ether oxygens (including phenoxy) is 1. The maximum absolute atomic E-state index is 10.7. The summed E-state index contributed by atoms with van der Waals surface area (Å²) < 4.78 is 86.9. The normalized spacial score (nSPS) is 15.6. The van der Waals surface area contributed by atoms with E-state index in [0.717, 1.165) is 12.2 Å². The number of rotatable bonds is 1.